The number of nitro groups is 1. The second-order valence-corrected chi connectivity index (χ2v) is 4.80. The van der Waals surface area contributed by atoms with Gasteiger partial charge in [0.2, 0.25) is 0 Å². The zero-order valence-electron chi connectivity index (χ0n) is 11.8. The number of nitro benzene ring substituents is 1. The molecule has 4 N–H and O–H groups in total. The lowest BCUT2D eigenvalue weighted by molar-refractivity contribution is -0.384. The lowest BCUT2D eigenvalue weighted by Gasteiger charge is -2.12. The number of nitrogens with one attached hydrogen (secondary N) is 2. The Morgan fingerprint density at radius 3 is 2.81 bits per heavy atom. The van der Waals surface area contributed by atoms with Crippen molar-refractivity contribution < 1.29 is 9.66 Å². The molecule has 0 amide bonds. The number of nitrogen functional groups attached to an aromatic ring is 1. The fraction of sp³-hybridized carbons (Fsp3) is 0.308. The summed E-state index contributed by atoms with van der Waals surface area (Å²) in [6, 6.07) is 4.56. The van der Waals surface area contributed by atoms with Crippen LogP contribution in [-0.4, -0.2) is 21.2 Å². The van der Waals surface area contributed by atoms with Crippen LogP contribution < -0.4 is 15.8 Å². The first-order valence-electron chi connectivity index (χ1n) is 6.43. The Morgan fingerprint density at radius 1 is 1.48 bits per heavy atom. The lowest BCUT2D eigenvalue weighted by Crippen LogP contribution is -2.07. The highest BCUT2D eigenvalue weighted by Crippen LogP contribution is 2.27. The highest BCUT2D eigenvalue weighted by Gasteiger charge is 2.12. The van der Waals surface area contributed by atoms with Gasteiger partial charge >= 0.3 is 0 Å². The fourth-order valence-electron chi connectivity index (χ4n) is 1.79. The van der Waals surface area contributed by atoms with Gasteiger partial charge in [-0.25, -0.2) is 0 Å². The number of hydrogen-bond acceptors (Lipinski definition) is 6. The molecule has 0 bridgehead atoms. The molecule has 0 aliphatic carbocycles. The number of aromatic amines is 1. The van der Waals surface area contributed by atoms with Crippen molar-refractivity contribution in [3.05, 3.63) is 40.1 Å². The smallest absolute Gasteiger partial charge is 0.275 e. The number of hydrogen-bond donors (Lipinski definition) is 3. The first-order valence-corrected chi connectivity index (χ1v) is 6.43. The molecule has 2 rings (SSSR count). The summed E-state index contributed by atoms with van der Waals surface area (Å²) >= 11 is 0. The van der Waals surface area contributed by atoms with E-state index in [0.717, 1.165) is 5.56 Å². The molecule has 0 unspecified atom stereocenters. The van der Waals surface area contributed by atoms with Crippen LogP contribution in [0.5, 0.6) is 5.75 Å². The summed E-state index contributed by atoms with van der Waals surface area (Å²) in [6.07, 6.45) is 1.54. The molecule has 0 aliphatic rings. The second-order valence-electron chi connectivity index (χ2n) is 4.80. The summed E-state index contributed by atoms with van der Waals surface area (Å²) in [5.74, 6) is 0.911. The molecule has 2 aromatic rings. The zero-order valence-corrected chi connectivity index (χ0v) is 11.8. The van der Waals surface area contributed by atoms with E-state index in [9.17, 15) is 10.1 Å². The molecule has 1 aromatic heterocycles. The molecule has 21 heavy (non-hydrogen) atoms. The van der Waals surface area contributed by atoms with E-state index >= 15 is 0 Å². The summed E-state index contributed by atoms with van der Waals surface area (Å²) < 4.78 is 5.52. The van der Waals surface area contributed by atoms with Crippen molar-refractivity contribution in [3.63, 3.8) is 0 Å². The van der Waals surface area contributed by atoms with E-state index in [1.807, 2.05) is 13.8 Å². The third-order valence-electron chi connectivity index (χ3n) is 2.71. The molecule has 0 aliphatic heterocycles. The number of aromatic nitrogens is 2. The number of nitrogens with two attached hydrogens (primary N) is 1. The largest absolute Gasteiger partial charge is 0.491 e. The standard InChI is InChI=1S/C13H17N5O3/c1-8(2)21-12-4-10(3-11(5-12)18(19)20)15-6-9-7-16-17-13(9)14/h3-5,7-8,15H,6H2,1-2H3,(H3,14,16,17). The van der Waals surface area contributed by atoms with Gasteiger partial charge in [-0.1, -0.05) is 0 Å². The number of non-ortho nitro benzene ring substituents is 1. The number of benzene rings is 1. The van der Waals surface area contributed by atoms with Crippen molar-refractivity contribution in [2.24, 2.45) is 0 Å². The van der Waals surface area contributed by atoms with Crippen LogP contribution in [0.2, 0.25) is 0 Å². The zero-order chi connectivity index (χ0) is 15.4. The van der Waals surface area contributed by atoms with Gasteiger partial charge in [0.25, 0.3) is 5.69 Å². The van der Waals surface area contributed by atoms with Crippen LogP contribution in [0.4, 0.5) is 17.2 Å². The number of rotatable bonds is 6. The molecule has 8 nitrogen and oxygen atoms in total. The molecular formula is C13H17N5O3. The first-order chi connectivity index (χ1) is 9.95. The Bertz CT molecular complexity index is 638. The Balaban J connectivity index is 2.19. The van der Waals surface area contributed by atoms with E-state index in [4.69, 9.17) is 10.5 Å². The minimum atomic E-state index is -0.454. The van der Waals surface area contributed by atoms with Gasteiger partial charge in [0, 0.05) is 29.9 Å². The average Bonchev–Trinajstić information content (AvgIpc) is 2.81. The first kappa shape index (κ1) is 14.6. The van der Waals surface area contributed by atoms with Crippen molar-refractivity contribution in [3.8, 4) is 5.75 Å². The maximum atomic E-state index is 11.0. The summed E-state index contributed by atoms with van der Waals surface area (Å²) in [4.78, 5) is 10.5. The summed E-state index contributed by atoms with van der Waals surface area (Å²) in [7, 11) is 0. The van der Waals surface area contributed by atoms with Crippen molar-refractivity contribution in [1.82, 2.24) is 10.2 Å². The summed E-state index contributed by atoms with van der Waals surface area (Å²) in [5, 5.41) is 20.5. The normalized spacial score (nSPS) is 10.6. The van der Waals surface area contributed by atoms with Crippen molar-refractivity contribution in [1.29, 1.82) is 0 Å². The van der Waals surface area contributed by atoms with Crippen LogP contribution in [0.3, 0.4) is 0 Å². The maximum Gasteiger partial charge on any atom is 0.275 e. The third-order valence-corrected chi connectivity index (χ3v) is 2.71. The van der Waals surface area contributed by atoms with Gasteiger partial charge in [-0.3, -0.25) is 15.2 Å². The Kier molecular flexibility index (Phi) is 4.27. The molecule has 0 saturated carbocycles. The van der Waals surface area contributed by atoms with Crippen LogP contribution >= 0.6 is 0 Å². The van der Waals surface area contributed by atoms with Gasteiger partial charge < -0.3 is 15.8 Å². The number of ether oxygens (including phenoxy) is 1. The molecule has 0 radical (unpaired) electrons. The predicted octanol–water partition coefficient (Wildman–Crippen LogP) is 2.30. The van der Waals surface area contributed by atoms with Crippen LogP contribution in [0.15, 0.2) is 24.4 Å². The minimum absolute atomic E-state index is 0.0317. The van der Waals surface area contributed by atoms with Crippen LogP contribution in [0.1, 0.15) is 19.4 Å². The van der Waals surface area contributed by atoms with Crippen LogP contribution in [0, 0.1) is 10.1 Å². The van der Waals surface area contributed by atoms with Crippen LogP contribution in [0.25, 0.3) is 0 Å². The van der Waals surface area contributed by atoms with E-state index in [0.29, 0.717) is 23.8 Å². The number of anilines is 2. The van der Waals surface area contributed by atoms with Gasteiger partial charge in [0.1, 0.15) is 11.6 Å². The highest BCUT2D eigenvalue weighted by atomic mass is 16.6. The number of nitrogens with zero attached hydrogens (tertiary/aromatic N) is 2. The lowest BCUT2D eigenvalue weighted by atomic mass is 10.2. The molecule has 0 atom stereocenters. The van der Waals surface area contributed by atoms with E-state index in [1.165, 1.54) is 12.1 Å². The van der Waals surface area contributed by atoms with Gasteiger partial charge in [-0.2, -0.15) is 5.10 Å². The average molecular weight is 291 g/mol. The molecule has 1 aromatic carbocycles. The minimum Gasteiger partial charge on any atom is -0.491 e. The van der Waals surface area contributed by atoms with E-state index < -0.39 is 4.92 Å². The Labute approximate surface area is 121 Å². The second kappa shape index (κ2) is 6.12. The monoisotopic (exact) mass is 291 g/mol. The van der Waals surface area contributed by atoms with E-state index in [1.54, 1.807) is 12.3 Å². The third kappa shape index (κ3) is 3.85. The van der Waals surface area contributed by atoms with Gasteiger partial charge in [-0.05, 0) is 13.8 Å². The Hall–Kier alpha value is -2.77. The SMILES string of the molecule is CC(C)Oc1cc(NCc2cn[nH]c2N)cc([N+](=O)[O-])c1. The van der Waals surface area contributed by atoms with Crippen molar-refractivity contribution in [2.75, 3.05) is 11.1 Å². The van der Waals surface area contributed by atoms with Gasteiger partial charge in [0.15, 0.2) is 0 Å². The molecule has 0 fully saturated rings. The quantitative estimate of drug-likeness (QED) is 0.555. The maximum absolute atomic E-state index is 11.0. The van der Waals surface area contributed by atoms with E-state index in [2.05, 4.69) is 15.5 Å². The summed E-state index contributed by atoms with van der Waals surface area (Å²) in [5.41, 5.74) is 7.02. The summed E-state index contributed by atoms with van der Waals surface area (Å²) in [6.45, 7) is 4.13. The van der Waals surface area contributed by atoms with Gasteiger partial charge in [-0.15, -0.1) is 0 Å². The topological polar surface area (TPSA) is 119 Å². The molecule has 0 spiro atoms. The fourth-order valence-corrected chi connectivity index (χ4v) is 1.79. The molecular weight excluding hydrogens is 274 g/mol. The highest BCUT2D eigenvalue weighted by molar-refractivity contribution is 5.57. The van der Waals surface area contributed by atoms with Gasteiger partial charge in [0.05, 0.1) is 23.3 Å². The van der Waals surface area contributed by atoms with Crippen LogP contribution in [-0.2, 0) is 6.54 Å². The number of H-pyrrole nitrogens is 1. The Morgan fingerprint density at radius 2 is 2.24 bits per heavy atom. The predicted molar refractivity (Wildman–Crippen MR) is 79.2 cm³/mol. The molecule has 0 saturated heterocycles. The van der Waals surface area contributed by atoms with Crippen molar-refractivity contribution >= 4 is 17.2 Å². The molecule has 8 heteroatoms. The molecule has 1 heterocycles. The van der Waals surface area contributed by atoms with Crippen molar-refractivity contribution in [2.45, 2.75) is 26.5 Å². The van der Waals surface area contributed by atoms with E-state index in [-0.39, 0.29) is 11.8 Å². The molecule has 112 valence electrons.